The van der Waals surface area contributed by atoms with Crippen molar-refractivity contribution in [3.05, 3.63) is 14.5 Å². The minimum Gasteiger partial charge on any atom is -0.477 e. The van der Waals surface area contributed by atoms with Crippen LogP contribution in [0.1, 0.15) is 34.4 Å². The lowest BCUT2D eigenvalue weighted by Gasteiger charge is -1.94. The Kier molecular flexibility index (Phi) is 2.85. The number of carboxylic acid groups (broad SMARTS) is 1. The van der Waals surface area contributed by atoms with Crippen LogP contribution >= 0.6 is 27.3 Å². The van der Waals surface area contributed by atoms with E-state index in [2.05, 4.69) is 20.9 Å². The van der Waals surface area contributed by atoms with Crippen LogP contribution in [0.5, 0.6) is 0 Å². The standard InChI is InChI=1S/C7H8BrNO2S/c1-3(2)6-9-5(8)4(12-6)7(10)11/h3H,1-2H3,(H,10,11). The van der Waals surface area contributed by atoms with E-state index in [0.29, 0.717) is 4.60 Å². The molecule has 1 rings (SSSR count). The summed E-state index contributed by atoms with van der Waals surface area (Å²) in [5, 5.41) is 9.55. The summed E-state index contributed by atoms with van der Waals surface area (Å²) in [6.07, 6.45) is 0. The average molecular weight is 250 g/mol. The molecule has 1 aromatic heterocycles. The number of hydrogen-bond donors (Lipinski definition) is 1. The molecule has 0 atom stereocenters. The first-order chi connectivity index (χ1) is 5.52. The summed E-state index contributed by atoms with van der Waals surface area (Å²) in [6, 6.07) is 0. The Morgan fingerprint density at radius 3 is 2.50 bits per heavy atom. The van der Waals surface area contributed by atoms with E-state index in [1.165, 1.54) is 11.3 Å². The lowest BCUT2D eigenvalue weighted by atomic mass is 10.2. The summed E-state index contributed by atoms with van der Waals surface area (Å²) in [5.41, 5.74) is 0. The van der Waals surface area contributed by atoms with Crippen LogP contribution in [-0.4, -0.2) is 16.1 Å². The van der Waals surface area contributed by atoms with Crippen molar-refractivity contribution in [2.45, 2.75) is 19.8 Å². The lowest BCUT2D eigenvalue weighted by Crippen LogP contribution is -1.91. The second-order valence-electron chi connectivity index (χ2n) is 2.63. The zero-order valence-corrected chi connectivity index (χ0v) is 9.07. The first kappa shape index (κ1) is 9.67. The number of carboxylic acids is 1. The summed E-state index contributed by atoms with van der Waals surface area (Å²) >= 11 is 4.32. The first-order valence-corrected chi connectivity index (χ1v) is 5.03. The van der Waals surface area contributed by atoms with Crippen molar-refractivity contribution in [1.29, 1.82) is 0 Å². The van der Waals surface area contributed by atoms with Crippen LogP contribution < -0.4 is 0 Å². The maximum Gasteiger partial charge on any atom is 0.348 e. The monoisotopic (exact) mass is 249 g/mol. The van der Waals surface area contributed by atoms with Gasteiger partial charge in [-0.2, -0.15) is 0 Å². The molecule has 1 aromatic rings. The van der Waals surface area contributed by atoms with E-state index in [0.717, 1.165) is 5.01 Å². The molecule has 0 amide bonds. The Bertz CT molecular complexity index is 308. The van der Waals surface area contributed by atoms with Crippen molar-refractivity contribution in [3.63, 3.8) is 0 Å². The van der Waals surface area contributed by atoms with E-state index < -0.39 is 5.97 Å². The fourth-order valence-corrected chi connectivity index (χ4v) is 2.22. The van der Waals surface area contributed by atoms with Crippen molar-refractivity contribution in [3.8, 4) is 0 Å². The summed E-state index contributed by atoms with van der Waals surface area (Å²) in [6.45, 7) is 3.97. The Balaban J connectivity index is 3.09. The van der Waals surface area contributed by atoms with Gasteiger partial charge in [0.25, 0.3) is 0 Å². The number of aromatic nitrogens is 1. The van der Waals surface area contributed by atoms with Gasteiger partial charge in [-0.15, -0.1) is 11.3 Å². The Hall–Kier alpha value is -0.420. The van der Waals surface area contributed by atoms with Crippen LogP contribution in [-0.2, 0) is 0 Å². The van der Waals surface area contributed by atoms with Gasteiger partial charge < -0.3 is 5.11 Å². The number of aromatic carboxylic acids is 1. The third kappa shape index (κ3) is 1.84. The van der Waals surface area contributed by atoms with Gasteiger partial charge in [0.15, 0.2) is 0 Å². The number of rotatable bonds is 2. The maximum absolute atomic E-state index is 10.6. The van der Waals surface area contributed by atoms with Crippen molar-refractivity contribution in [1.82, 2.24) is 4.98 Å². The third-order valence-corrected chi connectivity index (χ3v) is 3.47. The van der Waals surface area contributed by atoms with Gasteiger partial charge in [-0.25, -0.2) is 9.78 Å². The molecular weight excluding hydrogens is 242 g/mol. The van der Waals surface area contributed by atoms with E-state index >= 15 is 0 Å². The van der Waals surface area contributed by atoms with Gasteiger partial charge in [-0.1, -0.05) is 13.8 Å². The maximum atomic E-state index is 10.6. The van der Waals surface area contributed by atoms with Crippen LogP contribution in [0.3, 0.4) is 0 Å². The van der Waals surface area contributed by atoms with Gasteiger partial charge in [-0.05, 0) is 15.9 Å². The van der Waals surface area contributed by atoms with Gasteiger partial charge in [0.1, 0.15) is 9.48 Å². The summed E-state index contributed by atoms with van der Waals surface area (Å²) in [7, 11) is 0. The molecule has 0 fully saturated rings. The predicted octanol–water partition coefficient (Wildman–Crippen LogP) is 2.73. The fraction of sp³-hybridized carbons (Fsp3) is 0.429. The summed E-state index contributed by atoms with van der Waals surface area (Å²) < 4.78 is 0.434. The van der Waals surface area contributed by atoms with Crippen LogP contribution in [0.15, 0.2) is 4.60 Å². The number of hydrogen-bond acceptors (Lipinski definition) is 3. The molecule has 12 heavy (non-hydrogen) atoms. The van der Waals surface area contributed by atoms with Crippen LogP contribution in [0.4, 0.5) is 0 Å². The molecule has 0 saturated heterocycles. The normalized spacial score (nSPS) is 10.7. The van der Waals surface area contributed by atoms with Gasteiger partial charge in [0, 0.05) is 5.92 Å². The highest BCUT2D eigenvalue weighted by Gasteiger charge is 2.16. The van der Waals surface area contributed by atoms with Crippen molar-refractivity contribution in [2.24, 2.45) is 0 Å². The molecule has 1 heterocycles. The smallest absolute Gasteiger partial charge is 0.348 e. The molecule has 0 spiro atoms. The number of thiazole rings is 1. The molecule has 5 heteroatoms. The zero-order valence-electron chi connectivity index (χ0n) is 6.67. The van der Waals surface area contributed by atoms with E-state index in [1.54, 1.807) is 0 Å². The van der Waals surface area contributed by atoms with Crippen molar-refractivity contribution < 1.29 is 9.90 Å². The fourth-order valence-electron chi connectivity index (χ4n) is 0.696. The van der Waals surface area contributed by atoms with Crippen molar-refractivity contribution in [2.75, 3.05) is 0 Å². The second kappa shape index (κ2) is 3.53. The quantitative estimate of drug-likeness (QED) is 0.877. The predicted molar refractivity (Wildman–Crippen MR) is 50.9 cm³/mol. The topological polar surface area (TPSA) is 50.2 Å². The molecule has 0 bridgehead atoms. The van der Waals surface area contributed by atoms with E-state index in [1.807, 2.05) is 13.8 Å². The van der Waals surface area contributed by atoms with Crippen molar-refractivity contribution >= 4 is 33.2 Å². The molecular formula is C7H8BrNO2S. The van der Waals surface area contributed by atoms with Gasteiger partial charge in [0.05, 0.1) is 5.01 Å². The average Bonchev–Trinajstić information content (AvgIpc) is 2.30. The van der Waals surface area contributed by atoms with E-state index in [4.69, 9.17) is 5.11 Å². The molecule has 0 unspecified atom stereocenters. The van der Waals surface area contributed by atoms with E-state index in [9.17, 15) is 4.79 Å². The molecule has 0 aliphatic carbocycles. The number of halogens is 1. The molecule has 0 radical (unpaired) electrons. The minimum atomic E-state index is -0.925. The van der Waals surface area contributed by atoms with E-state index in [-0.39, 0.29) is 10.8 Å². The second-order valence-corrected chi connectivity index (χ2v) is 4.41. The van der Waals surface area contributed by atoms with Crippen LogP contribution in [0.25, 0.3) is 0 Å². The molecule has 0 aliphatic heterocycles. The Morgan fingerprint density at radius 2 is 2.25 bits per heavy atom. The van der Waals surface area contributed by atoms with Crippen LogP contribution in [0, 0.1) is 0 Å². The highest BCUT2D eigenvalue weighted by atomic mass is 79.9. The molecule has 1 N–H and O–H groups in total. The molecule has 66 valence electrons. The SMILES string of the molecule is CC(C)c1nc(Br)c(C(=O)O)s1. The molecule has 0 aromatic carbocycles. The summed E-state index contributed by atoms with van der Waals surface area (Å²) in [4.78, 5) is 15.0. The number of nitrogens with zero attached hydrogens (tertiary/aromatic N) is 1. The summed E-state index contributed by atoms with van der Waals surface area (Å²) in [5.74, 6) is -0.648. The van der Waals surface area contributed by atoms with Gasteiger partial charge in [-0.3, -0.25) is 0 Å². The zero-order chi connectivity index (χ0) is 9.30. The highest BCUT2D eigenvalue weighted by molar-refractivity contribution is 9.10. The highest BCUT2D eigenvalue weighted by Crippen LogP contribution is 2.27. The lowest BCUT2D eigenvalue weighted by molar-refractivity contribution is 0.0701. The molecule has 0 saturated carbocycles. The first-order valence-electron chi connectivity index (χ1n) is 3.42. The Morgan fingerprint density at radius 1 is 1.67 bits per heavy atom. The number of carbonyl (C=O) groups is 1. The third-order valence-electron chi connectivity index (χ3n) is 1.29. The van der Waals surface area contributed by atoms with Gasteiger partial charge >= 0.3 is 5.97 Å². The Labute approximate surface area is 82.6 Å². The largest absolute Gasteiger partial charge is 0.477 e. The minimum absolute atomic E-state index is 0.277. The molecule has 3 nitrogen and oxygen atoms in total. The van der Waals surface area contributed by atoms with Gasteiger partial charge in [0.2, 0.25) is 0 Å². The van der Waals surface area contributed by atoms with Crippen LogP contribution in [0.2, 0.25) is 0 Å². The molecule has 0 aliphatic rings.